The lowest BCUT2D eigenvalue weighted by atomic mass is 10.2. The number of rotatable bonds is 3. The van der Waals surface area contributed by atoms with E-state index in [1.807, 2.05) is 19.1 Å². The Morgan fingerprint density at radius 1 is 1.43 bits per heavy atom. The Bertz CT molecular complexity index is 635. The SMILES string of the molecule is Cc1ccc(-c2nnc(N(C)C(=O)[C@@H]3CCCO3)s2)cn1. The van der Waals surface area contributed by atoms with Crippen molar-refractivity contribution in [3.05, 3.63) is 24.0 Å². The molecule has 0 spiro atoms. The number of likely N-dealkylation sites (N-methyl/N-ethyl adjacent to an activating group) is 1. The zero-order valence-electron chi connectivity index (χ0n) is 11.9. The first kappa shape index (κ1) is 14.1. The molecule has 2 aromatic rings. The fourth-order valence-corrected chi connectivity index (χ4v) is 2.95. The summed E-state index contributed by atoms with van der Waals surface area (Å²) in [4.78, 5) is 18.0. The molecule has 0 unspecified atom stereocenters. The summed E-state index contributed by atoms with van der Waals surface area (Å²) in [6, 6.07) is 3.88. The van der Waals surface area contributed by atoms with E-state index >= 15 is 0 Å². The molecule has 1 aliphatic heterocycles. The number of anilines is 1. The van der Waals surface area contributed by atoms with Crippen LogP contribution in [-0.4, -0.2) is 40.8 Å². The van der Waals surface area contributed by atoms with Gasteiger partial charge in [-0.3, -0.25) is 14.7 Å². The van der Waals surface area contributed by atoms with Crippen LogP contribution < -0.4 is 4.90 Å². The third-order valence-electron chi connectivity index (χ3n) is 3.40. The molecule has 0 N–H and O–H groups in total. The van der Waals surface area contributed by atoms with Crippen LogP contribution in [0.25, 0.3) is 10.6 Å². The molecule has 3 rings (SSSR count). The topological polar surface area (TPSA) is 68.2 Å². The minimum atomic E-state index is -0.344. The molecule has 7 heteroatoms. The van der Waals surface area contributed by atoms with E-state index in [1.165, 1.54) is 16.2 Å². The lowest BCUT2D eigenvalue weighted by molar-refractivity contribution is -0.127. The van der Waals surface area contributed by atoms with Crippen LogP contribution in [0.1, 0.15) is 18.5 Å². The molecule has 1 atom stereocenters. The van der Waals surface area contributed by atoms with E-state index in [-0.39, 0.29) is 12.0 Å². The molecule has 21 heavy (non-hydrogen) atoms. The molecule has 6 nitrogen and oxygen atoms in total. The second kappa shape index (κ2) is 5.87. The van der Waals surface area contributed by atoms with Crippen molar-refractivity contribution in [2.75, 3.05) is 18.6 Å². The van der Waals surface area contributed by atoms with E-state index in [1.54, 1.807) is 13.2 Å². The molecule has 1 fully saturated rings. The van der Waals surface area contributed by atoms with E-state index in [0.29, 0.717) is 11.7 Å². The predicted octanol–water partition coefficient (Wildman–Crippen LogP) is 2.05. The van der Waals surface area contributed by atoms with Gasteiger partial charge in [-0.25, -0.2) is 0 Å². The molecule has 0 bridgehead atoms. The minimum Gasteiger partial charge on any atom is -0.368 e. The molecule has 110 valence electrons. The monoisotopic (exact) mass is 304 g/mol. The molecular formula is C14H16N4O2S. The van der Waals surface area contributed by atoms with Crippen LogP contribution in [0.2, 0.25) is 0 Å². The van der Waals surface area contributed by atoms with Crippen molar-refractivity contribution in [2.45, 2.75) is 25.9 Å². The summed E-state index contributed by atoms with van der Waals surface area (Å²) in [6.45, 7) is 2.59. The van der Waals surface area contributed by atoms with E-state index in [2.05, 4.69) is 15.2 Å². The van der Waals surface area contributed by atoms with Gasteiger partial charge in [0.05, 0.1) is 0 Å². The number of pyridine rings is 1. The van der Waals surface area contributed by atoms with Crippen molar-refractivity contribution in [3.8, 4) is 10.6 Å². The van der Waals surface area contributed by atoms with Crippen LogP contribution in [0, 0.1) is 6.92 Å². The van der Waals surface area contributed by atoms with Crippen molar-refractivity contribution in [1.82, 2.24) is 15.2 Å². The third kappa shape index (κ3) is 2.93. The van der Waals surface area contributed by atoms with Gasteiger partial charge in [0.25, 0.3) is 5.91 Å². The summed E-state index contributed by atoms with van der Waals surface area (Å²) in [5.41, 5.74) is 1.86. The normalized spacial score (nSPS) is 17.9. The summed E-state index contributed by atoms with van der Waals surface area (Å²) < 4.78 is 5.42. The predicted molar refractivity (Wildman–Crippen MR) is 80.3 cm³/mol. The highest BCUT2D eigenvalue weighted by molar-refractivity contribution is 7.18. The van der Waals surface area contributed by atoms with Crippen LogP contribution in [0.4, 0.5) is 5.13 Å². The largest absolute Gasteiger partial charge is 0.368 e. The lowest BCUT2D eigenvalue weighted by Gasteiger charge is -2.16. The summed E-state index contributed by atoms with van der Waals surface area (Å²) >= 11 is 1.37. The summed E-state index contributed by atoms with van der Waals surface area (Å²) in [6.07, 6.45) is 3.13. The van der Waals surface area contributed by atoms with Crippen LogP contribution in [0.15, 0.2) is 18.3 Å². The summed E-state index contributed by atoms with van der Waals surface area (Å²) in [5.74, 6) is -0.0581. The Kier molecular flexibility index (Phi) is 3.94. The second-order valence-electron chi connectivity index (χ2n) is 4.98. The molecule has 2 aromatic heterocycles. The highest BCUT2D eigenvalue weighted by atomic mass is 32.1. The van der Waals surface area contributed by atoms with Crippen molar-refractivity contribution < 1.29 is 9.53 Å². The number of aryl methyl sites for hydroxylation is 1. The van der Waals surface area contributed by atoms with Crippen molar-refractivity contribution in [1.29, 1.82) is 0 Å². The van der Waals surface area contributed by atoms with Gasteiger partial charge in [-0.2, -0.15) is 0 Å². The van der Waals surface area contributed by atoms with Gasteiger partial charge in [-0.05, 0) is 31.9 Å². The summed E-state index contributed by atoms with van der Waals surface area (Å²) in [5, 5.41) is 9.57. The van der Waals surface area contributed by atoms with E-state index in [0.717, 1.165) is 29.1 Å². The fraction of sp³-hybridized carbons (Fsp3) is 0.429. The minimum absolute atomic E-state index is 0.0581. The van der Waals surface area contributed by atoms with Gasteiger partial charge in [0.2, 0.25) is 5.13 Å². The molecule has 0 saturated carbocycles. The van der Waals surface area contributed by atoms with Crippen molar-refractivity contribution in [2.24, 2.45) is 0 Å². The van der Waals surface area contributed by atoms with Crippen LogP contribution in [0.3, 0.4) is 0 Å². The number of ether oxygens (including phenoxy) is 1. The Hall–Kier alpha value is -1.86. The first-order valence-corrected chi connectivity index (χ1v) is 7.62. The highest BCUT2D eigenvalue weighted by Gasteiger charge is 2.28. The van der Waals surface area contributed by atoms with E-state index < -0.39 is 0 Å². The summed E-state index contributed by atoms with van der Waals surface area (Å²) in [7, 11) is 1.71. The highest BCUT2D eigenvalue weighted by Crippen LogP contribution is 2.28. The zero-order valence-corrected chi connectivity index (χ0v) is 12.8. The number of hydrogen-bond donors (Lipinski definition) is 0. The molecule has 0 aliphatic carbocycles. The second-order valence-corrected chi connectivity index (χ2v) is 5.93. The molecule has 1 aliphatic rings. The zero-order chi connectivity index (χ0) is 14.8. The van der Waals surface area contributed by atoms with Crippen molar-refractivity contribution >= 4 is 22.4 Å². The number of aromatic nitrogens is 3. The molecule has 0 radical (unpaired) electrons. The standard InChI is InChI=1S/C14H16N4O2S/c1-9-5-6-10(8-15-9)12-16-17-14(21-12)18(2)13(19)11-4-3-7-20-11/h5-6,8,11H,3-4,7H2,1-2H3/t11-/m0/s1. The first-order valence-electron chi connectivity index (χ1n) is 6.81. The maximum atomic E-state index is 12.3. The maximum Gasteiger partial charge on any atom is 0.257 e. The van der Waals surface area contributed by atoms with Gasteiger partial charge in [0, 0.05) is 31.1 Å². The quantitative estimate of drug-likeness (QED) is 0.868. The molecule has 1 saturated heterocycles. The molecule has 1 amide bonds. The first-order chi connectivity index (χ1) is 10.1. The van der Waals surface area contributed by atoms with Crippen LogP contribution in [-0.2, 0) is 9.53 Å². The average Bonchev–Trinajstić information content (AvgIpc) is 3.18. The average molecular weight is 304 g/mol. The van der Waals surface area contributed by atoms with Gasteiger partial charge in [0.15, 0.2) is 5.01 Å². The number of nitrogens with zero attached hydrogens (tertiary/aromatic N) is 4. The maximum absolute atomic E-state index is 12.3. The molecule has 3 heterocycles. The van der Waals surface area contributed by atoms with Gasteiger partial charge in [-0.1, -0.05) is 11.3 Å². The van der Waals surface area contributed by atoms with E-state index in [9.17, 15) is 4.79 Å². The molecular weight excluding hydrogens is 288 g/mol. The van der Waals surface area contributed by atoms with Gasteiger partial charge in [-0.15, -0.1) is 10.2 Å². The van der Waals surface area contributed by atoms with E-state index in [4.69, 9.17) is 4.74 Å². The Balaban J connectivity index is 1.77. The van der Waals surface area contributed by atoms with Crippen LogP contribution >= 0.6 is 11.3 Å². The van der Waals surface area contributed by atoms with Crippen LogP contribution in [0.5, 0.6) is 0 Å². The van der Waals surface area contributed by atoms with Gasteiger partial charge < -0.3 is 4.74 Å². The lowest BCUT2D eigenvalue weighted by Crippen LogP contribution is -2.35. The Morgan fingerprint density at radius 2 is 2.29 bits per heavy atom. The van der Waals surface area contributed by atoms with Gasteiger partial charge >= 0.3 is 0 Å². The van der Waals surface area contributed by atoms with Crippen molar-refractivity contribution in [3.63, 3.8) is 0 Å². The number of carbonyl (C=O) groups is 1. The molecule has 0 aromatic carbocycles. The number of carbonyl (C=O) groups excluding carboxylic acids is 1. The van der Waals surface area contributed by atoms with Gasteiger partial charge in [0.1, 0.15) is 6.10 Å². The third-order valence-corrected chi connectivity index (χ3v) is 4.44. The smallest absolute Gasteiger partial charge is 0.257 e. The Labute approximate surface area is 126 Å². The Morgan fingerprint density at radius 3 is 2.95 bits per heavy atom. The fourth-order valence-electron chi connectivity index (χ4n) is 2.14. The number of amides is 1. The number of hydrogen-bond acceptors (Lipinski definition) is 6.